The Bertz CT molecular complexity index is 573. The largest absolute Gasteiger partial charge is 0.311 e. The third kappa shape index (κ3) is 2.89. The molecule has 18 heavy (non-hydrogen) atoms. The zero-order chi connectivity index (χ0) is 13.2. The van der Waals surface area contributed by atoms with Crippen LogP contribution in [0.4, 0.5) is 0 Å². The van der Waals surface area contributed by atoms with Crippen molar-refractivity contribution in [2.75, 3.05) is 0 Å². The number of pyridine rings is 1. The molecule has 0 aliphatic heterocycles. The number of rotatable bonds is 2. The number of benzene rings is 1. The first-order valence-corrected chi connectivity index (χ1v) is 6.22. The lowest BCUT2D eigenvalue weighted by Crippen LogP contribution is -2.18. The van der Waals surface area contributed by atoms with Gasteiger partial charge in [0, 0.05) is 12.3 Å². The molecule has 2 rings (SSSR count). The van der Waals surface area contributed by atoms with Crippen molar-refractivity contribution in [2.24, 2.45) is 0 Å². The zero-order valence-electron chi connectivity index (χ0n) is 11.2. The van der Waals surface area contributed by atoms with E-state index < -0.39 is 0 Å². The van der Waals surface area contributed by atoms with E-state index in [2.05, 4.69) is 45.0 Å². The maximum absolute atomic E-state index is 11.6. The van der Waals surface area contributed by atoms with Gasteiger partial charge in [-0.25, -0.2) is 0 Å². The average molecular weight is 241 g/mol. The van der Waals surface area contributed by atoms with Crippen molar-refractivity contribution < 1.29 is 0 Å². The van der Waals surface area contributed by atoms with Gasteiger partial charge in [-0.3, -0.25) is 4.79 Å². The molecule has 1 aromatic heterocycles. The van der Waals surface area contributed by atoms with Crippen molar-refractivity contribution >= 4 is 0 Å². The van der Waals surface area contributed by atoms with E-state index >= 15 is 0 Å². The van der Waals surface area contributed by atoms with Gasteiger partial charge in [0.1, 0.15) is 0 Å². The van der Waals surface area contributed by atoms with Crippen LogP contribution in [0.25, 0.3) is 0 Å². The van der Waals surface area contributed by atoms with Crippen LogP contribution in [0.1, 0.15) is 31.9 Å². The Kier molecular flexibility index (Phi) is 3.37. The Balaban J connectivity index is 2.22. The fourth-order valence-corrected chi connectivity index (χ4v) is 1.90. The van der Waals surface area contributed by atoms with Gasteiger partial charge in [-0.2, -0.15) is 0 Å². The summed E-state index contributed by atoms with van der Waals surface area (Å²) >= 11 is 0. The van der Waals surface area contributed by atoms with E-state index in [1.807, 2.05) is 12.3 Å². The summed E-state index contributed by atoms with van der Waals surface area (Å²) in [5, 5.41) is 0. The van der Waals surface area contributed by atoms with Crippen LogP contribution in [0.2, 0.25) is 0 Å². The van der Waals surface area contributed by atoms with Crippen LogP contribution in [0.5, 0.6) is 0 Å². The van der Waals surface area contributed by atoms with Crippen LogP contribution >= 0.6 is 0 Å². The van der Waals surface area contributed by atoms with Gasteiger partial charge in [-0.1, -0.05) is 51.1 Å². The summed E-state index contributed by atoms with van der Waals surface area (Å²) in [6.07, 6.45) is 1.82. The molecule has 0 amide bonds. The molecule has 0 N–H and O–H groups in total. The molecule has 0 fully saturated rings. The van der Waals surface area contributed by atoms with Gasteiger partial charge >= 0.3 is 0 Å². The van der Waals surface area contributed by atoms with E-state index in [9.17, 15) is 4.79 Å². The monoisotopic (exact) mass is 241 g/mol. The van der Waals surface area contributed by atoms with E-state index in [1.165, 1.54) is 5.56 Å². The minimum atomic E-state index is 0.0393. The smallest absolute Gasteiger partial charge is 0.250 e. The number of aromatic nitrogens is 1. The van der Waals surface area contributed by atoms with Crippen LogP contribution in [0, 0.1) is 0 Å². The molecule has 2 aromatic rings. The van der Waals surface area contributed by atoms with Gasteiger partial charge < -0.3 is 4.57 Å². The molecule has 0 aliphatic rings. The van der Waals surface area contributed by atoms with Gasteiger partial charge in [0.15, 0.2) is 0 Å². The zero-order valence-corrected chi connectivity index (χ0v) is 11.2. The van der Waals surface area contributed by atoms with Crippen molar-refractivity contribution in [1.29, 1.82) is 0 Å². The van der Waals surface area contributed by atoms with Crippen molar-refractivity contribution in [1.82, 2.24) is 4.57 Å². The second-order valence-corrected chi connectivity index (χ2v) is 5.61. The van der Waals surface area contributed by atoms with Gasteiger partial charge in [-0.05, 0) is 22.6 Å². The quantitative estimate of drug-likeness (QED) is 0.791. The van der Waals surface area contributed by atoms with Crippen LogP contribution in [-0.4, -0.2) is 4.57 Å². The summed E-state index contributed by atoms with van der Waals surface area (Å²) in [5.41, 5.74) is 2.67. The van der Waals surface area contributed by atoms with Crippen LogP contribution in [0.3, 0.4) is 0 Å². The maximum atomic E-state index is 11.6. The highest BCUT2D eigenvalue weighted by molar-refractivity contribution is 5.27. The SMILES string of the molecule is CC(C)(C)c1ccc(Cn2ccccc2=O)cc1. The number of hydrogen-bond donors (Lipinski definition) is 0. The van der Waals surface area contributed by atoms with Gasteiger partial charge in [0.25, 0.3) is 5.56 Å². The summed E-state index contributed by atoms with van der Waals surface area (Å²) in [4.78, 5) is 11.6. The standard InChI is InChI=1S/C16H19NO/c1-16(2,3)14-9-7-13(8-10-14)12-17-11-5-4-6-15(17)18/h4-11H,12H2,1-3H3. The molecule has 94 valence electrons. The highest BCUT2D eigenvalue weighted by Gasteiger charge is 2.12. The molecule has 0 saturated heterocycles. The topological polar surface area (TPSA) is 22.0 Å². The lowest BCUT2D eigenvalue weighted by atomic mass is 9.87. The molecule has 1 heterocycles. The van der Waals surface area contributed by atoms with Gasteiger partial charge in [-0.15, -0.1) is 0 Å². The first-order valence-electron chi connectivity index (χ1n) is 6.22. The molecular formula is C16H19NO. The summed E-state index contributed by atoms with van der Waals surface area (Å²) < 4.78 is 1.71. The van der Waals surface area contributed by atoms with E-state index in [-0.39, 0.29) is 11.0 Å². The summed E-state index contributed by atoms with van der Waals surface area (Å²) in [6, 6.07) is 13.7. The van der Waals surface area contributed by atoms with Crippen molar-refractivity contribution in [3.05, 3.63) is 70.1 Å². The van der Waals surface area contributed by atoms with Crippen molar-refractivity contribution in [3.63, 3.8) is 0 Å². The highest BCUT2D eigenvalue weighted by Crippen LogP contribution is 2.22. The number of hydrogen-bond acceptors (Lipinski definition) is 1. The lowest BCUT2D eigenvalue weighted by Gasteiger charge is -2.19. The number of nitrogens with zero attached hydrogens (tertiary/aromatic N) is 1. The van der Waals surface area contributed by atoms with E-state index in [4.69, 9.17) is 0 Å². The Labute approximate surface area is 108 Å². The van der Waals surface area contributed by atoms with E-state index in [0.717, 1.165) is 5.56 Å². The van der Waals surface area contributed by atoms with Crippen molar-refractivity contribution in [2.45, 2.75) is 32.7 Å². The van der Waals surface area contributed by atoms with Crippen molar-refractivity contribution in [3.8, 4) is 0 Å². The minimum Gasteiger partial charge on any atom is -0.311 e. The molecule has 1 aromatic carbocycles. The van der Waals surface area contributed by atoms with E-state index in [1.54, 1.807) is 16.7 Å². The second-order valence-electron chi connectivity index (χ2n) is 5.61. The Hall–Kier alpha value is -1.83. The molecule has 0 unspecified atom stereocenters. The van der Waals surface area contributed by atoms with Crippen LogP contribution < -0.4 is 5.56 Å². The molecule has 2 nitrogen and oxygen atoms in total. The molecule has 0 aliphatic carbocycles. The first kappa shape index (κ1) is 12.6. The van der Waals surface area contributed by atoms with E-state index in [0.29, 0.717) is 6.54 Å². The van der Waals surface area contributed by atoms with Crippen LogP contribution in [0.15, 0.2) is 53.5 Å². The second kappa shape index (κ2) is 4.81. The van der Waals surface area contributed by atoms with Gasteiger partial charge in [0.2, 0.25) is 0 Å². The summed E-state index contributed by atoms with van der Waals surface area (Å²) in [5.74, 6) is 0. The summed E-state index contributed by atoms with van der Waals surface area (Å²) in [6.45, 7) is 7.22. The minimum absolute atomic E-state index is 0.0393. The third-order valence-electron chi connectivity index (χ3n) is 3.07. The Morgan fingerprint density at radius 2 is 1.67 bits per heavy atom. The maximum Gasteiger partial charge on any atom is 0.250 e. The molecule has 0 spiro atoms. The average Bonchev–Trinajstić information content (AvgIpc) is 2.32. The molecule has 2 heteroatoms. The predicted octanol–water partition coefficient (Wildman–Crippen LogP) is 3.19. The molecule has 0 saturated carbocycles. The third-order valence-corrected chi connectivity index (χ3v) is 3.07. The Morgan fingerprint density at radius 1 is 1.00 bits per heavy atom. The molecular weight excluding hydrogens is 222 g/mol. The predicted molar refractivity (Wildman–Crippen MR) is 74.9 cm³/mol. The molecule has 0 radical (unpaired) electrons. The van der Waals surface area contributed by atoms with Gasteiger partial charge in [0.05, 0.1) is 6.54 Å². The normalized spacial score (nSPS) is 11.5. The lowest BCUT2D eigenvalue weighted by molar-refractivity contribution is 0.589. The Morgan fingerprint density at radius 3 is 2.22 bits per heavy atom. The van der Waals surface area contributed by atoms with Crippen LogP contribution in [-0.2, 0) is 12.0 Å². The first-order chi connectivity index (χ1) is 8.47. The molecule has 0 atom stereocenters. The highest BCUT2D eigenvalue weighted by atomic mass is 16.1. The molecule has 0 bridgehead atoms. The summed E-state index contributed by atoms with van der Waals surface area (Å²) in [7, 11) is 0. The fourth-order valence-electron chi connectivity index (χ4n) is 1.90. The fraction of sp³-hybridized carbons (Fsp3) is 0.312.